The lowest BCUT2D eigenvalue weighted by Crippen LogP contribution is -2.39. The third-order valence-corrected chi connectivity index (χ3v) is 5.62. The van der Waals surface area contributed by atoms with Crippen LogP contribution in [0, 0.1) is 0 Å². The first-order chi connectivity index (χ1) is 14.1. The highest BCUT2D eigenvalue weighted by molar-refractivity contribution is 5.82. The fraction of sp³-hybridized carbons (Fsp3) is 0.304. The number of para-hydroxylation sites is 1. The van der Waals surface area contributed by atoms with E-state index >= 15 is 0 Å². The van der Waals surface area contributed by atoms with Crippen LogP contribution in [0.1, 0.15) is 30.0 Å². The molecule has 29 heavy (non-hydrogen) atoms. The summed E-state index contributed by atoms with van der Waals surface area (Å²) in [5.41, 5.74) is 1.91. The zero-order chi connectivity index (χ0) is 20.4. The number of methoxy groups -OCH3 is 2. The third kappa shape index (κ3) is 3.51. The van der Waals surface area contributed by atoms with Crippen molar-refractivity contribution in [3.8, 4) is 11.5 Å². The number of rotatable bonds is 6. The number of likely N-dealkylation sites (tertiary alicyclic amines) is 1. The maximum atomic E-state index is 12.0. The van der Waals surface area contributed by atoms with E-state index in [4.69, 9.17) is 9.47 Å². The van der Waals surface area contributed by atoms with Crippen LogP contribution in [-0.2, 0) is 4.79 Å². The van der Waals surface area contributed by atoms with E-state index < -0.39 is 12.0 Å². The lowest BCUT2D eigenvalue weighted by molar-refractivity contribution is -0.142. The minimum atomic E-state index is -0.792. The zero-order valence-electron chi connectivity index (χ0n) is 16.5. The van der Waals surface area contributed by atoms with Crippen LogP contribution in [-0.4, -0.2) is 47.8 Å². The van der Waals surface area contributed by atoms with Crippen LogP contribution < -0.4 is 9.47 Å². The van der Waals surface area contributed by atoms with Crippen molar-refractivity contribution >= 4 is 16.7 Å². The Morgan fingerprint density at radius 2 is 2.03 bits per heavy atom. The van der Waals surface area contributed by atoms with Gasteiger partial charge in [-0.3, -0.25) is 14.7 Å². The van der Waals surface area contributed by atoms with Crippen LogP contribution in [0.5, 0.6) is 11.5 Å². The van der Waals surface area contributed by atoms with Crippen LogP contribution >= 0.6 is 0 Å². The molecule has 4 rings (SSSR count). The topological polar surface area (TPSA) is 71.9 Å². The predicted octanol–water partition coefficient (Wildman–Crippen LogP) is 3.89. The van der Waals surface area contributed by atoms with Crippen molar-refractivity contribution in [1.82, 2.24) is 9.88 Å². The molecule has 0 spiro atoms. The second-order valence-electron chi connectivity index (χ2n) is 7.20. The van der Waals surface area contributed by atoms with Gasteiger partial charge >= 0.3 is 5.97 Å². The maximum absolute atomic E-state index is 12.0. The van der Waals surface area contributed by atoms with Gasteiger partial charge in [0.15, 0.2) is 11.5 Å². The Morgan fingerprint density at radius 3 is 2.79 bits per heavy atom. The minimum absolute atomic E-state index is 0.263. The molecule has 1 fully saturated rings. The number of aliphatic carboxylic acids is 1. The number of carboxylic acid groups (broad SMARTS) is 1. The van der Waals surface area contributed by atoms with E-state index in [-0.39, 0.29) is 6.04 Å². The number of hydrogen-bond donors (Lipinski definition) is 1. The van der Waals surface area contributed by atoms with E-state index in [1.165, 1.54) is 0 Å². The lowest BCUT2D eigenvalue weighted by atomic mass is 9.93. The summed E-state index contributed by atoms with van der Waals surface area (Å²) >= 11 is 0. The summed E-state index contributed by atoms with van der Waals surface area (Å²) in [6, 6.07) is 13.1. The van der Waals surface area contributed by atoms with Crippen molar-refractivity contribution in [1.29, 1.82) is 0 Å². The molecule has 150 valence electrons. The molecule has 1 aromatic heterocycles. The Kier molecular flexibility index (Phi) is 5.36. The number of hydrogen-bond acceptors (Lipinski definition) is 5. The molecule has 6 nitrogen and oxygen atoms in total. The predicted molar refractivity (Wildman–Crippen MR) is 110 cm³/mol. The van der Waals surface area contributed by atoms with Crippen molar-refractivity contribution in [2.45, 2.75) is 24.9 Å². The molecule has 0 amide bonds. The number of ether oxygens (including phenoxy) is 2. The van der Waals surface area contributed by atoms with E-state index in [1.54, 1.807) is 20.4 Å². The molecule has 0 saturated carbocycles. The van der Waals surface area contributed by atoms with E-state index in [1.807, 2.05) is 42.6 Å². The maximum Gasteiger partial charge on any atom is 0.320 e. The molecule has 3 aromatic rings. The zero-order valence-corrected chi connectivity index (χ0v) is 16.5. The third-order valence-electron chi connectivity index (χ3n) is 5.62. The van der Waals surface area contributed by atoms with Gasteiger partial charge in [0.05, 0.1) is 20.3 Å². The number of fused-ring (bicyclic) bond motifs is 1. The summed E-state index contributed by atoms with van der Waals surface area (Å²) in [5.74, 6) is 0.469. The standard InChI is InChI=1S/C23H24N2O4/c1-28-20-7-3-5-18(22(20)29-2)21(25-12-4-6-19(25)23(26)27)16-8-9-17-14-24-11-10-15(17)13-16/h3,5,7-11,13-14,19,21H,4,6,12H2,1-2H3,(H,26,27). The first-order valence-electron chi connectivity index (χ1n) is 9.67. The summed E-state index contributed by atoms with van der Waals surface area (Å²) in [4.78, 5) is 18.2. The molecule has 1 aliphatic heterocycles. The van der Waals surface area contributed by atoms with Crippen LogP contribution in [0.15, 0.2) is 54.9 Å². The molecule has 1 saturated heterocycles. The van der Waals surface area contributed by atoms with Gasteiger partial charge in [-0.25, -0.2) is 0 Å². The normalized spacial score (nSPS) is 17.9. The first kappa shape index (κ1) is 19.2. The van der Waals surface area contributed by atoms with Crippen LogP contribution in [0.2, 0.25) is 0 Å². The van der Waals surface area contributed by atoms with Gasteiger partial charge in [0.2, 0.25) is 0 Å². The van der Waals surface area contributed by atoms with Crippen molar-refractivity contribution in [2.24, 2.45) is 0 Å². The van der Waals surface area contributed by atoms with Crippen LogP contribution in [0.25, 0.3) is 10.8 Å². The highest BCUT2D eigenvalue weighted by Crippen LogP contribution is 2.43. The molecule has 0 aliphatic carbocycles. The minimum Gasteiger partial charge on any atom is -0.493 e. The lowest BCUT2D eigenvalue weighted by Gasteiger charge is -2.33. The Bertz CT molecular complexity index is 1040. The van der Waals surface area contributed by atoms with E-state index in [0.717, 1.165) is 28.3 Å². The Balaban J connectivity index is 1.91. The molecular weight excluding hydrogens is 368 g/mol. The summed E-state index contributed by atoms with van der Waals surface area (Å²) in [6.45, 7) is 0.705. The largest absolute Gasteiger partial charge is 0.493 e. The highest BCUT2D eigenvalue weighted by Gasteiger charge is 2.38. The molecule has 6 heteroatoms. The summed E-state index contributed by atoms with van der Waals surface area (Å²) in [7, 11) is 3.22. The monoisotopic (exact) mass is 392 g/mol. The molecule has 2 unspecified atom stereocenters. The van der Waals surface area contributed by atoms with Gasteiger partial charge in [-0.15, -0.1) is 0 Å². The van der Waals surface area contributed by atoms with Crippen molar-refractivity contribution in [3.63, 3.8) is 0 Å². The van der Waals surface area contributed by atoms with Gasteiger partial charge in [-0.1, -0.05) is 24.3 Å². The molecule has 2 aromatic carbocycles. The quantitative estimate of drug-likeness (QED) is 0.686. The number of benzene rings is 2. The Hall–Kier alpha value is -3.12. The van der Waals surface area contributed by atoms with E-state index in [9.17, 15) is 9.90 Å². The number of carbonyl (C=O) groups is 1. The molecule has 1 N–H and O–H groups in total. The average Bonchev–Trinajstić information content (AvgIpc) is 3.23. The smallest absolute Gasteiger partial charge is 0.320 e. The van der Waals surface area contributed by atoms with Gasteiger partial charge in [-0.2, -0.15) is 0 Å². The molecule has 0 radical (unpaired) electrons. The van der Waals surface area contributed by atoms with Gasteiger partial charge < -0.3 is 14.6 Å². The Morgan fingerprint density at radius 1 is 1.17 bits per heavy atom. The van der Waals surface area contributed by atoms with Gasteiger partial charge in [0.25, 0.3) is 0 Å². The fourth-order valence-electron chi connectivity index (χ4n) is 4.31. The molecular formula is C23H24N2O4. The fourth-order valence-corrected chi connectivity index (χ4v) is 4.31. The number of carboxylic acids is 1. The van der Waals surface area contributed by atoms with Crippen molar-refractivity contribution < 1.29 is 19.4 Å². The number of nitrogens with zero attached hydrogens (tertiary/aromatic N) is 2. The molecule has 0 bridgehead atoms. The molecule has 2 heterocycles. The van der Waals surface area contributed by atoms with Gasteiger partial charge in [0, 0.05) is 29.9 Å². The second-order valence-corrected chi connectivity index (χ2v) is 7.20. The SMILES string of the molecule is COc1cccc(C(c2ccc3cnccc3c2)N2CCCC2C(=O)O)c1OC. The van der Waals surface area contributed by atoms with Crippen molar-refractivity contribution in [2.75, 3.05) is 20.8 Å². The van der Waals surface area contributed by atoms with E-state index in [0.29, 0.717) is 24.5 Å². The summed E-state index contributed by atoms with van der Waals surface area (Å²) in [5, 5.41) is 11.9. The summed E-state index contributed by atoms with van der Waals surface area (Å²) < 4.78 is 11.2. The van der Waals surface area contributed by atoms with Crippen LogP contribution in [0.4, 0.5) is 0 Å². The molecule has 1 aliphatic rings. The second kappa shape index (κ2) is 8.09. The van der Waals surface area contributed by atoms with Crippen LogP contribution in [0.3, 0.4) is 0 Å². The van der Waals surface area contributed by atoms with Gasteiger partial charge in [0.1, 0.15) is 6.04 Å². The first-order valence-corrected chi connectivity index (χ1v) is 9.67. The summed E-state index contributed by atoms with van der Waals surface area (Å²) in [6.07, 6.45) is 5.08. The number of aromatic nitrogens is 1. The Labute approximate surface area is 169 Å². The van der Waals surface area contributed by atoms with E-state index in [2.05, 4.69) is 16.0 Å². The van der Waals surface area contributed by atoms with Crippen molar-refractivity contribution in [3.05, 3.63) is 66.0 Å². The average molecular weight is 392 g/mol. The van der Waals surface area contributed by atoms with Gasteiger partial charge in [-0.05, 0) is 42.0 Å². The molecule has 2 atom stereocenters. The highest BCUT2D eigenvalue weighted by atomic mass is 16.5. The number of pyridine rings is 1.